The fourth-order valence-corrected chi connectivity index (χ4v) is 2.93. The van der Waals surface area contributed by atoms with Crippen LogP contribution in [0.1, 0.15) is 43.4 Å². The Bertz CT molecular complexity index is 488. The molecule has 0 aromatic carbocycles. The van der Waals surface area contributed by atoms with Crippen LogP contribution >= 0.6 is 27.3 Å². The number of hydrogen-bond acceptors (Lipinski definition) is 5. The molecule has 0 saturated heterocycles. The molecular formula is C14H19BrN2O3S. The van der Waals surface area contributed by atoms with Gasteiger partial charge in [0.05, 0.1) is 17.1 Å². The number of carbonyl (C=O) groups is 2. The number of thiophene rings is 1. The Kier molecular flexibility index (Phi) is 8.93. The van der Waals surface area contributed by atoms with Crippen LogP contribution in [0.2, 0.25) is 0 Å². The third kappa shape index (κ3) is 8.62. The average molecular weight is 375 g/mol. The molecule has 0 saturated carbocycles. The highest BCUT2D eigenvalue weighted by atomic mass is 79.9. The first-order valence-electron chi connectivity index (χ1n) is 6.76. The smallest absolute Gasteiger partial charge is 0.305 e. The maximum absolute atomic E-state index is 11.5. The number of halogens is 1. The van der Waals surface area contributed by atoms with Gasteiger partial charge >= 0.3 is 5.97 Å². The van der Waals surface area contributed by atoms with E-state index in [2.05, 4.69) is 31.2 Å². The molecule has 1 amide bonds. The molecule has 0 atom stereocenters. The van der Waals surface area contributed by atoms with Crippen molar-refractivity contribution in [3.8, 4) is 0 Å². The number of nitrogens with zero attached hydrogens (tertiary/aromatic N) is 1. The van der Waals surface area contributed by atoms with Crippen LogP contribution in [0.25, 0.3) is 0 Å². The first kappa shape index (κ1) is 17.8. The first-order chi connectivity index (χ1) is 10.1. The lowest BCUT2D eigenvalue weighted by Crippen LogP contribution is -2.16. The summed E-state index contributed by atoms with van der Waals surface area (Å²) in [5.41, 5.74) is 2.51. The maximum Gasteiger partial charge on any atom is 0.305 e. The molecule has 0 unspecified atom stereocenters. The van der Waals surface area contributed by atoms with Crippen LogP contribution < -0.4 is 5.43 Å². The molecule has 0 aliphatic heterocycles. The third-order valence-electron chi connectivity index (χ3n) is 2.74. The van der Waals surface area contributed by atoms with E-state index in [0.717, 1.165) is 34.3 Å². The molecule has 116 valence electrons. The number of amides is 1. The van der Waals surface area contributed by atoms with Gasteiger partial charge < -0.3 is 4.74 Å². The summed E-state index contributed by atoms with van der Waals surface area (Å²) in [6, 6.07) is 3.86. The van der Waals surface area contributed by atoms with Crippen LogP contribution in [0, 0.1) is 0 Å². The second-order valence-electron chi connectivity index (χ2n) is 4.43. The van der Waals surface area contributed by atoms with Crippen molar-refractivity contribution in [2.75, 3.05) is 7.11 Å². The van der Waals surface area contributed by atoms with E-state index in [-0.39, 0.29) is 11.9 Å². The zero-order chi connectivity index (χ0) is 15.5. The lowest BCUT2D eigenvalue weighted by molar-refractivity contribution is -0.140. The zero-order valence-corrected chi connectivity index (χ0v) is 14.3. The SMILES string of the molecule is COC(=O)CCCCCCC(=O)N/N=C/c1ccc(Br)s1. The number of carbonyl (C=O) groups excluding carboxylic acids is 2. The molecule has 0 fully saturated rings. The van der Waals surface area contributed by atoms with Crippen molar-refractivity contribution in [3.63, 3.8) is 0 Å². The van der Waals surface area contributed by atoms with Gasteiger partial charge in [-0.15, -0.1) is 11.3 Å². The van der Waals surface area contributed by atoms with Crippen molar-refractivity contribution in [2.45, 2.75) is 38.5 Å². The van der Waals surface area contributed by atoms with E-state index in [9.17, 15) is 9.59 Å². The highest BCUT2D eigenvalue weighted by molar-refractivity contribution is 9.11. The van der Waals surface area contributed by atoms with Gasteiger partial charge in [0.2, 0.25) is 5.91 Å². The molecule has 1 aromatic heterocycles. The second kappa shape index (κ2) is 10.5. The van der Waals surface area contributed by atoms with Crippen LogP contribution in [0.15, 0.2) is 21.0 Å². The van der Waals surface area contributed by atoms with E-state index < -0.39 is 0 Å². The van der Waals surface area contributed by atoms with Crippen molar-refractivity contribution in [1.29, 1.82) is 0 Å². The monoisotopic (exact) mass is 374 g/mol. The highest BCUT2D eigenvalue weighted by Crippen LogP contribution is 2.20. The van der Waals surface area contributed by atoms with Crippen LogP contribution in [-0.2, 0) is 14.3 Å². The van der Waals surface area contributed by atoms with Crippen molar-refractivity contribution in [3.05, 3.63) is 20.8 Å². The van der Waals surface area contributed by atoms with Gasteiger partial charge in [-0.05, 0) is 40.9 Å². The quantitative estimate of drug-likeness (QED) is 0.311. The lowest BCUT2D eigenvalue weighted by atomic mass is 10.1. The van der Waals surface area contributed by atoms with Crippen molar-refractivity contribution in [2.24, 2.45) is 5.10 Å². The van der Waals surface area contributed by atoms with Crippen molar-refractivity contribution >= 4 is 45.4 Å². The summed E-state index contributed by atoms with van der Waals surface area (Å²) < 4.78 is 5.59. The molecule has 0 aliphatic carbocycles. The number of hydrazone groups is 1. The van der Waals surface area contributed by atoms with E-state index in [0.29, 0.717) is 12.8 Å². The largest absolute Gasteiger partial charge is 0.469 e. The van der Waals surface area contributed by atoms with Crippen molar-refractivity contribution < 1.29 is 14.3 Å². The van der Waals surface area contributed by atoms with Gasteiger partial charge in [0.25, 0.3) is 0 Å². The summed E-state index contributed by atoms with van der Waals surface area (Å²) in [4.78, 5) is 23.4. The third-order valence-corrected chi connectivity index (χ3v) is 4.30. The molecule has 0 bridgehead atoms. The van der Waals surface area contributed by atoms with E-state index in [4.69, 9.17) is 0 Å². The standard InChI is InChI=1S/C14H19BrN2O3S/c1-20-14(19)7-5-3-2-4-6-13(18)17-16-10-11-8-9-12(15)21-11/h8-10H,2-7H2,1H3,(H,17,18)/b16-10+. The Morgan fingerprint density at radius 1 is 1.29 bits per heavy atom. The summed E-state index contributed by atoms with van der Waals surface area (Å²) in [7, 11) is 1.39. The van der Waals surface area contributed by atoms with Gasteiger partial charge in [-0.1, -0.05) is 12.8 Å². The topological polar surface area (TPSA) is 67.8 Å². The molecular weight excluding hydrogens is 356 g/mol. The molecule has 1 N–H and O–H groups in total. The fourth-order valence-electron chi connectivity index (χ4n) is 1.63. The zero-order valence-electron chi connectivity index (χ0n) is 11.9. The Balaban J connectivity index is 2.04. The molecule has 21 heavy (non-hydrogen) atoms. The van der Waals surface area contributed by atoms with Crippen molar-refractivity contribution in [1.82, 2.24) is 5.43 Å². The van der Waals surface area contributed by atoms with Crippen LogP contribution in [-0.4, -0.2) is 25.2 Å². The van der Waals surface area contributed by atoms with Crippen LogP contribution in [0.3, 0.4) is 0 Å². The minimum Gasteiger partial charge on any atom is -0.469 e. The Labute approximate surface area is 136 Å². The number of ether oxygens (including phenoxy) is 1. The molecule has 7 heteroatoms. The lowest BCUT2D eigenvalue weighted by Gasteiger charge is -2.01. The number of esters is 1. The number of hydrogen-bond donors (Lipinski definition) is 1. The molecule has 1 aromatic rings. The minimum absolute atomic E-state index is 0.0881. The summed E-state index contributed by atoms with van der Waals surface area (Å²) >= 11 is 4.91. The Hall–Kier alpha value is -1.21. The summed E-state index contributed by atoms with van der Waals surface area (Å²) in [5.74, 6) is -0.267. The Morgan fingerprint density at radius 3 is 2.62 bits per heavy atom. The Morgan fingerprint density at radius 2 is 2.00 bits per heavy atom. The number of nitrogens with one attached hydrogen (secondary N) is 1. The highest BCUT2D eigenvalue weighted by Gasteiger charge is 2.02. The predicted octanol–water partition coefficient (Wildman–Crippen LogP) is 3.47. The van der Waals surface area contributed by atoms with Gasteiger partial charge in [-0.2, -0.15) is 5.10 Å². The molecule has 1 rings (SSSR count). The summed E-state index contributed by atoms with van der Waals surface area (Å²) in [6.07, 6.45) is 5.98. The van der Waals surface area contributed by atoms with Crippen LogP contribution in [0.4, 0.5) is 0 Å². The fraction of sp³-hybridized carbons (Fsp3) is 0.500. The van der Waals surface area contributed by atoms with E-state index in [1.165, 1.54) is 7.11 Å². The number of rotatable bonds is 9. The normalized spacial score (nSPS) is 10.8. The van der Waals surface area contributed by atoms with Crippen LogP contribution in [0.5, 0.6) is 0 Å². The van der Waals surface area contributed by atoms with Gasteiger partial charge in [-0.3, -0.25) is 9.59 Å². The molecule has 0 spiro atoms. The number of methoxy groups -OCH3 is 1. The predicted molar refractivity (Wildman–Crippen MR) is 87.5 cm³/mol. The number of unbranched alkanes of at least 4 members (excludes halogenated alkanes) is 3. The van der Waals surface area contributed by atoms with Gasteiger partial charge in [0.1, 0.15) is 0 Å². The molecule has 0 aliphatic rings. The van der Waals surface area contributed by atoms with Gasteiger partial charge in [0, 0.05) is 17.7 Å². The first-order valence-corrected chi connectivity index (χ1v) is 8.37. The minimum atomic E-state index is -0.178. The summed E-state index contributed by atoms with van der Waals surface area (Å²) in [6.45, 7) is 0. The second-order valence-corrected chi connectivity index (χ2v) is 6.92. The van der Waals surface area contributed by atoms with E-state index in [1.54, 1.807) is 17.6 Å². The van der Waals surface area contributed by atoms with E-state index in [1.807, 2.05) is 12.1 Å². The summed E-state index contributed by atoms with van der Waals surface area (Å²) in [5, 5.41) is 3.91. The van der Waals surface area contributed by atoms with E-state index >= 15 is 0 Å². The van der Waals surface area contributed by atoms with Gasteiger partial charge in [0.15, 0.2) is 0 Å². The maximum atomic E-state index is 11.5. The van der Waals surface area contributed by atoms with Gasteiger partial charge in [-0.25, -0.2) is 5.43 Å². The molecule has 1 heterocycles. The molecule has 0 radical (unpaired) electrons. The molecule has 5 nitrogen and oxygen atoms in total. The average Bonchev–Trinajstić information content (AvgIpc) is 2.88.